The molecule has 3 nitrogen and oxygen atoms in total. The van der Waals surface area contributed by atoms with E-state index >= 15 is 0 Å². The molecule has 6 heteroatoms. The first-order valence-electron chi connectivity index (χ1n) is 4.07. The lowest BCUT2D eigenvalue weighted by atomic mass is 10.3. The van der Waals surface area contributed by atoms with Gasteiger partial charge in [-0.2, -0.15) is 0 Å². The second kappa shape index (κ2) is 5.97. The average Bonchev–Trinajstić information content (AvgIpc) is 2.20. The molecule has 0 aliphatic rings. The van der Waals surface area contributed by atoms with E-state index in [2.05, 4.69) is 16.9 Å². The summed E-state index contributed by atoms with van der Waals surface area (Å²) in [6, 6.07) is 0. The fourth-order valence-electron chi connectivity index (χ4n) is 0.733. The molecule has 0 bridgehead atoms. The molecule has 0 amide bonds. The molecule has 0 aliphatic carbocycles. The van der Waals surface area contributed by atoms with Gasteiger partial charge in [-0.05, 0) is 28.5 Å². The van der Waals surface area contributed by atoms with Gasteiger partial charge in [0.1, 0.15) is 8.60 Å². The summed E-state index contributed by atoms with van der Waals surface area (Å²) in [5.41, 5.74) is -0.0818. The van der Waals surface area contributed by atoms with Gasteiger partial charge in [-0.3, -0.25) is 4.79 Å². The molecule has 1 rings (SSSR count). The molecule has 0 saturated carbocycles. The molecular weight excluding hydrogens is 335 g/mol. The van der Waals surface area contributed by atoms with E-state index in [9.17, 15) is 4.79 Å². The Kier molecular flexibility index (Phi) is 5.25. The van der Waals surface area contributed by atoms with E-state index in [0.29, 0.717) is 15.4 Å². The summed E-state index contributed by atoms with van der Waals surface area (Å²) < 4.78 is 0.650. The van der Waals surface area contributed by atoms with E-state index in [1.54, 1.807) is 11.8 Å². The van der Waals surface area contributed by atoms with Crippen molar-refractivity contribution in [3.8, 4) is 0 Å². The Hall–Kier alpha value is 0.250. The normalized spacial score (nSPS) is 12.8. The molecule has 1 aromatic heterocycles. The highest BCUT2D eigenvalue weighted by atomic mass is 127. The molecule has 0 saturated heterocycles. The van der Waals surface area contributed by atoms with E-state index in [0.717, 1.165) is 10.8 Å². The van der Waals surface area contributed by atoms with Gasteiger partial charge in [0, 0.05) is 11.6 Å². The van der Waals surface area contributed by atoms with E-state index in [-0.39, 0.29) is 5.56 Å². The van der Waals surface area contributed by atoms with Crippen LogP contribution in [0.3, 0.4) is 0 Å². The van der Waals surface area contributed by atoms with E-state index in [1.165, 1.54) is 6.33 Å². The van der Waals surface area contributed by atoms with Gasteiger partial charge in [0.25, 0.3) is 5.56 Å². The maximum absolute atomic E-state index is 11.2. The van der Waals surface area contributed by atoms with Crippen molar-refractivity contribution in [2.75, 3.05) is 11.6 Å². The minimum Gasteiger partial charge on any atom is -0.312 e. The largest absolute Gasteiger partial charge is 0.312 e. The van der Waals surface area contributed by atoms with Crippen LogP contribution in [0.4, 0.5) is 0 Å². The lowest BCUT2D eigenvalue weighted by Crippen LogP contribution is -2.12. The third kappa shape index (κ3) is 3.43. The van der Waals surface area contributed by atoms with Gasteiger partial charge >= 0.3 is 0 Å². The van der Waals surface area contributed by atoms with Crippen LogP contribution in [0.15, 0.2) is 16.1 Å². The van der Waals surface area contributed by atoms with Crippen LogP contribution in [0.1, 0.15) is 6.92 Å². The Morgan fingerprint density at radius 3 is 3.14 bits per heavy atom. The van der Waals surface area contributed by atoms with Crippen LogP contribution in [-0.4, -0.2) is 21.6 Å². The summed E-state index contributed by atoms with van der Waals surface area (Å²) in [5.74, 6) is 1.95. The first-order valence-corrected chi connectivity index (χ1v) is 6.67. The zero-order valence-corrected chi connectivity index (χ0v) is 11.3. The number of aromatic nitrogens is 2. The number of alkyl halides is 1. The fraction of sp³-hybridized carbons (Fsp3) is 0.500. The number of H-pyrrole nitrogens is 1. The van der Waals surface area contributed by atoms with Gasteiger partial charge in [-0.15, -0.1) is 23.4 Å². The number of rotatable bonds is 4. The lowest BCUT2D eigenvalue weighted by Gasteiger charge is -2.06. The molecule has 1 N–H and O–H groups in total. The summed E-state index contributed by atoms with van der Waals surface area (Å²) in [4.78, 5) is 17.8. The summed E-state index contributed by atoms with van der Waals surface area (Å²) >= 11 is 9.26. The Bertz CT molecular complexity index is 357. The molecule has 14 heavy (non-hydrogen) atoms. The number of halogens is 2. The molecule has 1 unspecified atom stereocenters. The molecule has 0 aromatic carbocycles. The predicted octanol–water partition coefficient (Wildman–Crippen LogP) is 2.34. The summed E-state index contributed by atoms with van der Waals surface area (Å²) in [6.07, 6.45) is 1.43. The Labute approximate surface area is 105 Å². The van der Waals surface area contributed by atoms with E-state index < -0.39 is 0 Å². The maximum atomic E-state index is 11.2. The van der Waals surface area contributed by atoms with Crippen molar-refractivity contribution in [2.45, 2.75) is 11.9 Å². The highest BCUT2D eigenvalue weighted by Crippen LogP contribution is 2.21. The van der Waals surface area contributed by atoms with Crippen LogP contribution >= 0.6 is 46.0 Å². The molecule has 0 spiro atoms. The monoisotopic (exact) mass is 344 g/mol. The van der Waals surface area contributed by atoms with E-state index in [4.69, 9.17) is 11.6 Å². The zero-order chi connectivity index (χ0) is 10.6. The van der Waals surface area contributed by atoms with E-state index in [1.807, 2.05) is 22.6 Å². The number of nitrogens with one attached hydrogen (secondary N) is 1. The molecule has 1 heterocycles. The van der Waals surface area contributed by atoms with Crippen LogP contribution < -0.4 is 5.56 Å². The van der Waals surface area contributed by atoms with Crippen LogP contribution in [0.25, 0.3) is 0 Å². The highest BCUT2D eigenvalue weighted by molar-refractivity contribution is 14.1. The van der Waals surface area contributed by atoms with Crippen molar-refractivity contribution >= 4 is 46.0 Å². The number of aromatic amines is 1. The van der Waals surface area contributed by atoms with Crippen LogP contribution in [0.5, 0.6) is 0 Å². The third-order valence-electron chi connectivity index (χ3n) is 1.53. The minimum absolute atomic E-state index is 0.0818. The molecular formula is C8H10ClIN2OS. The van der Waals surface area contributed by atoms with Crippen LogP contribution in [-0.2, 0) is 0 Å². The molecule has 1 aromatic rings. The first kappa shape index (κ1) is 12.3. The quantitative estimate of drug-likeness (QED) is 0.395. The van der Waals surface area contributed by atoms with Gasteiger partial charge in [0.2, 0.25) is 0 Å². The molecule has 1 atom stereocenters. The number of hydrogen-bond donors (Lipinski definition) is 1. The number of hydrogen-bond acceptors (Lipinski definition) is 3. The number of nitrogens with zero attached hydrogens (tertiary/aromatic N) is 1. The van der Waals surface area contributed by atoms with Crippen molar-refractivity contribution < 1.29 is 0 Å². The van der Waals surface area contributed by atoms with Crippen molar-refractivity contribution in [1.82, 2.24) is 9.97 Å². The van der Waals surface area contributed by atoms with Gasteiger partial charge in [-0.1, -0.05) is 6.92 Å². The van der Waals surface area contributed by atoms with Gasteiger partial charge in [-0.25, -0.2) is 4.98 Å². The highest BCUT2D eigenvalue weighted by Gasteiger charge is 2.07. The average molecular weight is 345 g/mol. The minimum atomic E-state index is -0.0818. The smallest absolute Gasteiger partial charge is 0.265 e. The topological polar surface area (TPSA) is 45.8 Å². The molecule has 0 aliphatic heterocycles. The van der Waals surface area contributed by atoms with Crippen molar-refractivity contribution in [3.63, 3.8) is 0 Å². The molecule has 78 valence electrons. The van der Waals surface area contributed by atoms with Gasteiger partial charge in [0.15, 0.2) is 0 Å². The third-order valence-corrected chi connectivity index (χ3v) is 4.74. The molecule has 0 fully saturated rings. The molecule has 0 radical (unpaired) electrons. The van der Waals surface area contributed by atoms with Crippen LogP contribution in [0.2, 0.25) is 0 Å². The Balaban J connectivity index is 2.68. The SMILES string of the molecule is CC(CCl)CSc1nc[nH]c(=O)c1I. The lowest BCUT2D eigenvalue weighted by molar-refractivity contribution is 0.757. The van der Waals surface area contributed by atoms with Crippen molar-refractivity contribution in [2.24, 2.45) is 5.92 Å². The second-order valence-corrected chi connectivity index (χ2v) is 5.32. The summed E-state index contributed by atoms with van der Waals surface area (Å²) in [7, 11) is 0. The Morgan fingerprint density at radius 2 is 2.50 bits per heavy atom. The van der Waals surface area contributed by atoms with Gasteiger partial charge in [0.05, 0.1) is 6.33 Å². The maximum Gasteiger partial charge on any atom is 0.265 e. The zero-order valence-electron chi connectivity index (χ0n) is 7.59. The summed E-state index contributed by atoms with van der Waals surface area (Å²) in [5, 5.41) is 0.784. The fourth-order valence-corrected chi connectivity index (χ4v) is 2.64. The van der Waals surface area contributed by atoms with Gasteiger partial charge < -0.3 is 4.98 Å². The van der Waals surface area contributed by atoms with Crippen molar-refractivity contribution in [1.29, 1.82) is 0 Å². The summed E-state index contributed by atoms with van der Waals surface area (Å²) in [6.45, 7) is 2.07. The Morgan fingerprint density at radius 1 is 1.79 bits per heavy atom. The number of thioether (sulfide) groups is 1. The van der Waals surface area contributed by atoms with Crippen LogP contribution in [0, 0.1) is 9.49 Å². The predicted molar refractivity (Wildman–Crippen MR) is 68.2 cm³/mol. The first-order chi connectivity index (χ1) is 6.65. The standard InChI is InChI=1S/C8H10ClIN2OS/c1-5(2-9)3-14-8-6(10)7(13)11-4-12-8/h4-5H,2-3H2,1H3,(H,11,12,13). The second-order valence-electron chi connectivity index (χ2n) is 2.92. The van der Waals surface area contributed by atoms with Crippen molar-refractivity contribution in [3.05, 3.63) is 20.3 Å².